The number of nitrogens with one attached hydrogen (secondary N) is 1. The summed E-state index contributed by atoms with van der Waals surface area (Å²) in [5.41, 5.74) is -0.279. The van der Waals surface area contributed by atoms with E-state index >= 15 is 0 Å². The second kappa shape index (κ2) is 5.69. The number of carbonyl (C=O) groups is 2. The van der Waals surface area contributed by atoms with Crippen LogP contribution in [0.15, 0.2) is 0 Å². The van der Waals surface area contributed by atoms with Gasteiger partial charge in [0.1, 0.15) is 0 Å². The van der Waals surface area contributed by atoms with Crippen LogP contribution in [0.1, 0.15) is 40.5 Å². The SMILES string of the molecule is CC1CC(C(=O)NC(CC(=O)O)C(C)(C)C)CO1. The van der Waals surface area contributed by atoms with Crippen LogP contribution < -0.4 is 5.32 Å². The lowest BCUT2D eigenvalue weighted by molar-refractivity contribution is -0.138. The molecule has 0 bridgehead atoms. The van der Waals surface area contributed by atoms with Gasteiger partial charge in [0.15, 0.2) is 0 Å². The molecule has 1 fully saturated rings. The normalized spacial score (nSPS) is 25.8. The highest BCUT2D eigenvalue weighted by Gasteiger charge is 2.33. The van der Waals surface area contributed by atoms with Gasteiger partial charge in [-0.2, -0.15) is 0 Å². The lowest BCUT2D eigenvalue weighted by Crippen LogP contribution is -2.47. The smallest absolute Gasteiger partial charge is 0.305 e. The third-order valence-electron chi connectivity index (χ3n) is 3.31. The van der Waals surface area contributed by atoms with Crippen LogP contribution in [-0.4, -0.2) is 35.7 Å². The van der Waals surface area contributed by atoms with Crippen LogP contribution in [0.25, 0.3) is 0 Å². The second-order valence-corrected chi connectivity index (χ2v) is 6.10. The average Bonchev–Trinajstić information content (AvgIpc) is 2.61. The molecule has 104 valence electrons. The maximum Gasteiger partial charge on any atom is 0.305 e. The summed E-state index contributed by atoms with van der Waals surface area (Å²) in [5.74, 6) is -1.15. The van der Waals surface area contributed by atoms with Crippen LogP contribution in [0.4, 0.5) is 0 Å². The van der Waals surface area contributed by atoms with Crippen molar-refractivity contribution in [2.24, 2.45) is 11.3 Å². The van der Waals surface area contributed by atoms with Crippen LogP contribution in [0, 0.1) is 11.3 Å². The fraction of sp³-hybridized carbons (Fsp3) is 0.846. The predicted octanol–water partition coefficient (Wildman–Crippen LogP) is 1.42. The molecule has 1 heterocycles. The number of hydrogen-bond acceptors (Lipinski definition) is 3. The van der Waals surface area contributed by atoms with Crippen molar-refractivity contribution in [3.63, 3.8) is 0 Å². The first-order valence-electron chi connectivity index (χ1n) is 6.34. The van der Waals surface area contributed by atoms with E-state index in [1.54, 1.807) is 0 Å². The first kappa shape index (κ1) is 15.0. The topological polar surface area (TPSA) is 75.6 Å². The van der Waals surface area contributed by atoms with Gasteiger partial charge in [0.2, 0.25) is 5.91 Å². The van der Waals surface area contributed by atoms with Gasteiger partial charge in [0, 0.05) is 6.04 Å². The molecule has 1 aliphatic rings. The van der Waals surface area contributed by atoms with E-state index in [1.165, 1.54) is 0 Å². The largest absolute Gasteiger partial charge is 0.481 e. The van der Waals surface area contributed by atoms with Crippen molar-refractivity contribution in [2.45, 2.75) is 52.7 Å². The molecule has 2 N–H and O–H groups in total. The highest BCUT2D eigenvalue weighted by atomic mass is 16.5. The number of carbonyl (C=O) groups excluding carboxylic acids is 1. The number of amides is 1. The first-order chi connectivity index (χ1) is 8.20. The molecule has 0 spiro atoms. The molecule has 0 saturated carbocycles. The molecule has 3 unspecified atom stereocenters. The first-order valence-corrected chi connectivity index (χ1v) is 6.34. The van der Waals surface area contributed by atoms with Gasteiger partial charge in [-0.3, -0.25) is 9.59 Å². The molecule has 0 radical (unpaired) electrons. The maximum atomic E-state index is 12.0. The molecule has 5 heteroatoms. The monoisotopic (exact) mass is 257 g/mol. The van der Waals surface area contributed by atoms with Gasteiger partial charge in [-0.05, 0) is 18.8 Å². The van der Waals surface area contributed by atoms with Crippen molar-refractivity contribution >= 4 is 11.9 Å². The molecule has 0 aromatic rings. The summed E-state index contributed by atoms with van der Waals surface area (Å²) in [6, 6.07) is -0.363. The molecule has 1 aliphatic heterocycles. The number of rotatable bonds is 4. The third kappa shape index (κ3) is 4.29. The summed E-state index contributed by atoms with van der Waals surface area (Å²) >= 11 is 0. The number of carboxylic acid groups (broad SMARTS) is 1. The zero-order chi connectivity index (χ0) is 13.9. The number of hydrogen-bond donors (Lipinski definition) is 2. The molecule has 1 rings (SSSR count). The van der Waals surface area contributed by atoms with Crippen molar-refractivity contribution in [3.8, 4) is 0 Å². The van der Waals surface area contributed by atoms with Crippen molar-refractivity contribution in [2.75, 3.05) is 6.61 Å². The summed E-state index contributed by atoms with van der Waals surface area (Å²) in [4.78, 5) is 22.9. The minimum absolute atomic E-state index is 0.0572. The van der Waals surface area contributed by atoms with Gasteiger partial charge in [-0.15, -0.1) is 0 Å². The highest BCUT2D eigenvalue weighted by Crippen LogP contribution is 2.24. The minimum Gasteiger partial charge on any atom is -0.481 e. The Morgan fingerprint density at radius 3 is 2.44 bits per heavy atom. The molecule has 1 saturated heterocycles. The number of ether oxygens (including phenoxy) is 1. The van der Waals surface area contributed by atoms with Crippen molar-refractivity contribution in [1.82, 2.24) is 5.32 Å². The Morgan fingerprint density at radius 1 is 1.44 bits per heavy atom. The lowest BCUT2D eigenvalue weighted by Gasteiger charge is -2.31. The van der Waals surface area contributed by atoms with E-state index in [0.717, 1.165) is 0 Å². The van der Waals surface area contributed by atoms with Gasteiger partial charge in [0.05, 0.1) is 25.0 Å². The molecule has 0 aromatic heterocycles. The maximum absolute atomic E-state index is 12.0. The Labute approximate surface area is 108 Å². The Bertz CT molecular complexity index is 321. The fourth-order valence-corrected chi connectivity index (χ4v) is 2.04. The van der Waals surface area contributed by atoms with E-state index in [-0.39, 0.29) is 35.8 Å². The zero-order valence-electron chi connectivity index (χ0n) is 11.5. The van der Waals surface area contributed by atoms with Gasteiger partial charge >= 0.3 is 5.97 Å². The summed E-state index contributed by atoms with van der Waals surface area (Å²) in [5, 5.41) is 11.7. The lowest BCUT2D eigenvalue weighted by atomic mass is 9.84. The molecule has 0 aliphatic carbocycles. The molecular weight excluding hydrogens is 234 g/mol. The molecule has 1 amide bonds. The molecule has 3 atom stereocenters. The predicted molar refractivity (Wildman–Crippen MR) is 67.2 cm³/mol. The van der Waals surface area contributed by atoms with E-state index in [9.17, 15) is 9.59 Å². The van der Waals surface area contributed by atoms with Crippen molar-refractivity contribution in [1.29, 1.82) is 0 Å². The van der Waals surface area contributed by atoms with Crippen LogP contribution in [0.5, 0.6) is 0 Å². The van der Waals surface area contributed by atoms with Crippen molar-refractivity contribution < 1.29 is 19.4 Å². The molecule has 0 aromatic carbocycles. The fourth-order valence-electron chi connectivity index (χ4n) is 2.04. The molecular formula is C13H23NO4. The quantitative estimate of drug-likeness (QED) is 0.798. The van der Waals surface area contributed by atoms with Gasteiger partial charge in [-0.25, -0.2) is 0 Å². The summed E-state index contributed by atoms with van der Waals surface area (Å²) in [6.07, 6.45) is 0.752. The second-order valence-electron chi connectivity index (χ2n) is 6.10. The Kier molecular flexibility index (Phi) is 4.73. The highest BCUT2D eigenvalue weighted by molar-refractivity contribution is 5.80. The van der Waals surface area contributed by atoms with E-state index < -0.39 is 5.97 Å². The summed E-state index contributed by atoms with van der Waals surface area (Å²) in [7, 11) is 0. The van der Waals surface area contributed by atoms with Crippen LogP contribution >= 0.6 is 0 Å². The van der Waals surface area contributed by atoms with Gasteiger partial charge in [0.25, 0.3) is 0 Å². The van der Waals surface area contributed by atoms with Crippen LogP contribution in [0.2, 0.25) is 0 Å². The van der Waals surface area contributed by atoms with E-state index in [2.05, 4.69) is 5.32 Å². The van der Waals surface area contributed by atoms with Gasteiger partial charge in [-0.1, -0.05) is 20.8 Å². The third-order valence-corrected chi connectivity index (χ3v) is 3.31. The Balaban J connectivity index is 2.60. The molecule has 5 nitrogen and oxygen atoms in total. The Morgan fingerprint density at radius 2 is 2.06 bits per heavy atom. The van der Waals surface area contributed by atoms with E-state index in [1.807, 2.05) is 27.7 Å². The van der Waals surface area contributed by atoms with E-state index in [0.29, 0.717) is 13.0 Å². The van der Waals surface area contributed by atoms with Crippen LogP contribution in [0.3, 0.4) is 0 Å². The average molecular weight is 257 g/mol. The van der Waals surface area contributed by atoms with E-state index in [4.69, 9.17) is 9.84 Å². The number of aliphatic carboxylic acids is 1. The zero-order valence-corrected chi connectivity index (χ0v) is 11.5. The van der Waals surface area contributed by atoms with Crippen molar-refractivity contribution in [3.05, 3.63) is 0 Å². The van der Waals surface area contributed by atoms with Crippen LogP contribution in [-0.2, 0) is 14.3 Å². The summed E-state index contributed by atoms with van der Waals surface area (Å²) < 4.78 is 5.36. The minimum atomic E-state index is -0.897. The Hall–Kier alpha value is -1.10. The number of carboxylic acids is 1. The molecule has 18 heavy (non-hydrogen) atoms. The standard InChI is InChI=1S/C13H23NO4/c1-8-5-9(7-18-8)12(17)14-10(6-11(15)16)13(2,3)4/h8-10H,5-7H2,1-4H3,(H,14,17)(H,15,16). The van der Waals surface area contributed by atoms with Gasteiger partial charge < -0.3 is 15.2 Å². The summed E-state index contributed by atoms with van der Waals surface area (Å²) in [6.45, 7) is 8.14.